The van der Waals surface area contributed by atoms with E-state index >= 15 is 0 Å². The topological polar surface area (TPSA) is 48.3 Å². The van der Waals surface area contributed by atoms with Crippen molar-refractivity contribution in [3.05, 3.63) is 91.4 Å². The van der Waals surface area contributed by atoms with Crippen molar-refractivity contribution in [2.45, 2.75) is 65.2 Å². The number of esters is 1. The monoisotopic (exact) mass is 435 g/mol. The van der Waals surface area contributed by atoms with Gasteiger partial charge in [-0.15, -0.1) is 0 Å². The second kappa shape index (κ2) is 18.6. The normalized spacial score (nSPS) is 12.6. The van der Waals surface area contributed by atoms with Gasteiger partial charge in [0.1, 0.15) is 5.75 Å². The van der Waals surface area contributed by atoms with E-state index in [-0.39, 0.29) is 5.91 Å². The van der Waals surface area contributed by atoms with Crippen molar-refractivity contribution in [1.82, 2.24) is 4.57 Å². The first-order valence-electron chi connectivity index (χ1n) is 11.4. The summed E-state index contributed by atoms with van der Waals surface area (Å²) in [5.41, 5.74) is 0. The number of aromatic nitrogens is 1. The summed E-state index contributed by atoms with van der Waals surface area (Å²) in [5.74, 6) is -0.0316. The molecule has 0 aromatic carbocycles. The van der Waals surface area contributed by atoms with Crippen LogP contribution in [0.15, 0.2) is 91.4 Å². The summed E-state index contributed by atoms with van der Waals surface area (Å²) in [6.07, 6.45) is 36.0. The van der Waals surface area contributed by atoms with Gasteiger partial charge in [-0.25, -0.2) is 0 Å². The van der Waals surface area contributed by atoms with E-state index in [4.69, 9.17) is 4.74 Å². The average molecular weight is 436 g/mol. The fourth-order valence-electron chi connectivity index (χ4n) is 2.73. The molecular formula is C28H37NO3. The molecule has 0 saturated heterocycles. The number of allylic oxidation sites excluding steroid dienone is 12. The molecule has 0 atom stereocenters. The molecule has 0 aliphatic carbocycles. The van der Waals surface area contributed by atoms with Gasteiger partial charge < -0.3 is 4.74 Å². The van der Waals surface area contributed by atoms with Gasteiger partial charge in [-0.3, -0.25) is 14.2 Å². The number of ether oxygens (including phenoxy) is 1. The molecule has 0 saturated carbocycles. The number of rotatable bonds is 15. The Kier molecular flexibility index (Phi) is 15.6. The lowest BCUT2D eigenvalue weighted by atomic mass is 10.2. The van der Waals surface area contributed by atoms with E-state index in [0.717, 1.165) is 38.5 Å². The maximum absolute atomic E-state index is 12.1. The molecule has 4 nitrogen and oxygen atoms in total. The molecule has 4 heteroatoms. The van der Waals surface area contributed by atoms with Gasteiger partial charge in [-0.1, -0.05) is 79.8 Å². The van der Waals surface area contributed by atoms with E-state index in [0.29, 0.717) is 18.6 Å². The molecule has 1 aromatic heterocycles. The number of carbonyl (C=O) groups excluding carboxylic acids is 2. The quantitative estimate of drug-likeness (QED) is 0.211. The van der Waals surface area contributed by atoms with Gasteiger partial charge in [0, 0.05) is 19.5 Å². The van der Waals surface area contributed by atoms with Crippen LogP contribution in [0.4, 0.5) is 0 Å². The van der Waals surface area contributed by atoms with Gasteiger partial charge in [0.25, 0.3) is 0 Å². The molecule has 0 bridgehead atoms. The number of hydrogen-bond acceptors (Lipinski definition) is 3. The second-order valence-corrected chi connectivity index (χ2v) is 7.20. The van der Waals surface area contributed by atoms with Crippen LogP contribution < -0.4 is 4.74 Å². The SMILES string of the molecule is CC/C=C/C/C=C/C/C=C/C/C=C/C/C=C/C/C=C/CCC(=O)n1ccc(OC(C)=O)c1. The first-order valence-corrected chi connectivity index (χ1v) is 11.4. The van der Waals surface area contributed by atoms with E-state index in [1.165, 1.54) is 17.7 Å². The summed E-state index contributed by atoms with van der Waals surface area (Å²) in [5, 5.41) is 0. The van der Waals surface area contributed by atoms with Crippen LogP contribution in [0.2, 0.25) is 0 Å². The van der Waals surface area contributed by atoms with E-state index in [1.807, 2.05) is 6.08 Å². The lowest BCUT2D eigenvalue weighted by Crippen LogP contribution is -2.07. The van der Waals surface area contributed by atoms with Gasteiger partial charge in [0.15, 0.2) is 0 Å². The van der Waals surface area contributed by atoms with Crippen LogP contribution in [-0.4, -0.2) is 16.4 Å². The summed E-state index contributed by atoms with van der Waals surface area (Å²) in [6, 6.07) is 1.61. The Morgan fingerprint density at radius 1 is 0.781 bits per heavy atom. The van der Waals surface area contributed by atoms with Crippen molar-refractivity contribution in [3.8, 4) is 5.75 Å². The molecule has 1 aromatic rings. The smallest absolute Gasteiger partial charge is 0.308 e. The largest absolute Gasteiger partial charge is 0.425 e. The molecule has 172 valence electrons. The molecule has 0 radical (unpaired) electrons. The van der Waals surface area contributed by atoms with E-state index < -0.39 is 5.97 Å². The summed E-state index contributed by atoms with van der Waals surface area (Å²) >= 11 is 0. The zero-order valence-corrected chi connectivity index (χ0v) is 19.5. The Morgan fingerprint density at radius 2 is 1.25 bits per heavy atom. The van der Waals surface area contributed by atoms with E-state index in [9.17, 15) is 9.59 Å². The van der Waals surface area contributed by atoms with Crippen molar-refractivity contribution >= 4 is 11.9 Å². The first-order chi connectivity index (χ1) is 15.6. The zero-order valence-electron chi connectivity index (χ0n) is 19.5. The van der Waals surface area contributed by atoms with Crippen LogP contribution >= 0.6 is 0 Å². The fraction of sp³-hybridized carbons (Fsp3) is 0.357. The summed E-state index contributed by atoms with van der Waals surface area (Å²) in [6.45, 7) is 3.48. The van der Waals surface area contributed by atoms with E-state index in [2.05, 4.69) is 73.8 Å². The summed E-state index contributed by atoms with van der Waals surface area (Å²) < 4.78 is 6.40. The van der Waals surface area contributed by atoms with Crippen LogP contribution in [0.5, 0.6) is 5.75 Å². The van der Waals surface area contributed by atoms with Gasteiger partial charge >= 0.3 is 5.97 Å². The molecule has 0 fully saturated rings. The van der Waals surface area contributed by atoms with E-state index in [1.54, 1.807) is 12.3 Å². The van der Waals surface area contributed by atoms with Crippen molar-refractivity contribution in [2.75, 3.05) is 0 Å². The molecule has 1 rings (SSSR count). The molecule has 32 heavy (non-hydrogen) atoms. The van der Waals surface area contributed by atoms with Crippen molar-refractivity contribution in [1.29, 1.82) is 0 Å². The summed E-state index contributed by atoms with van der Waals surface area (Å²) in [4.78, 5) is 23.0. The lowest BCUT2D eigenvalue weighted by molar-refractivity contribution is -0.131. The Morgan fingerprint density at radius 3 is 1.72 bits per heavy atom. The fourth-order valence-corrected chi connectivity index (χ4v) is 2.73. The highest BCUT2D eigenvalue weighted by molar-refractivity contribution is 5.79. The van der Waals surface area contributed by atoms with Crippen LogP contribution in [-0.2, 0) is 4.79 Å². The molecule has 0 amide bonds. The molecule has 0 aliphatic rings. The highest BCUT2D eigenvalue weighted by Gasteiger charge is 2.06. The lowest BCUT2D eigenvalue weighted by Gasteiger charge is -1.99. The highest BCUT2D eigenvalue weighted by atomic mass is 16.5. The molecule has 1 heterocycles. The Hall–Kier alpha value is -3.14. The minimum absolute atomic E-state index is 0.0251. The predicted octanol–water partition coefficient (Wildman–Crippen LogP) is 7.53. The third-order valence-electron chi connectivity index (χ3n) is 4.34. The van der Waals surface area contributed by atoms with Crippen LogP contribution in [0.25, 0.3) is 0 Å². The Balaban J connectivity index is 2.06. The third-order valence-corrected chi connectivity index (χ3v) is 4.34. The third kappa shape index (κ3) is 14.8. The minimum Gasteiger partial charge on any atom is -0.425 e. The van der Waals surface area contributed by atoms with Crippen molar-refractivity contribution in [2.24, 2.45) is 0 Å². The minimum atomic E-state index is -0.395. The molecular weight excluding hydrogens is 398 g/mol. The predicted molar refractivity (Wildman–Crippen MR) is 134 cm³/mol. The molecule has 0 unspecified atom stereocenters. The zero-order chi connectivity index (χ0) is 23.3. The molecule has 0 aliphatic heterocycles. The van der Waals surface area contributed by atoms with Crippen LogP contribution in [0.3, 0.4) is 0 Å². The number of carbonyl (C=O) groups is 2. The summed E-state index contributed by atoms with van der Waals surface area (Å²) in [7, 11) is 0. The van der Waals surface area contributed by atoms with Crippen molar-refractivity contribution in [3.63, 3.8) is 0 Å². The standard InChI is InChI=1S/C28H37NO3/c1-3-4-5-6-7-8-9-10-11-12-13-14-15-16-17-18-19-20-21-22-28(31)29-24-23-27(25-29)32-26(2)30/h4-5,7-8,10-11,13-14,16-17,19-20,23-25H,3,6,9,12,15,18,21-22H2,1-2H3/b5-4+,8-7+,11-10+,14-13+,17-16+,20-19+. The van der Waals surface area contributed by atoms with Crippen molar-refractivity contribution < 1.29 is 14.3 Å². The van der Waals surface area contributed by atoms with Crippen LogP contribution in [0.1, 0.15) is 70.0 Å². The Labute approximate surface area is 193 Å². The van der Waals surface area contributed by atoms with Gasteiger partial charge in [-0.05, 0) is 51.0 Å². The highest BCUT2D eigenvalue weighted by Crippen LogP contribution is 2.12. The number of nitrogens with zero attached hydrogens (tertiary/aromatic N) is 1. The average Bonchev–Trinajstić information content (AvgIpc) is 3.23. The second-order valence-electron chi connectivity index (χ2n) is 7.20. The van der Waals surface area contributed by atoms with Gasteiger partial charge in [0.05, 0.1) is 6.20 Å². The number of hydrogen-bond donors (Lipinski definition) is 0. The van der Waals surface area contributed by atoms with Gasteiger partial charge in [0.2, 0.25) is 5.91 Å². The van der Waals surface area contributed by atoms with Gasteiger partial charge in [-0.2, -0.15) is 0 Å². The molecule has 0 N–H and O–H groups in total. The Bertz CT molecular complexity index is 835. The maximum Gasteiger partial charge on any atom is 0.308 e. The first kappa shape index (κ1) is 26.9. The molecule has 0 spiro atoms. The maximum atomic E-state index is 12.1. The van der Waals surface area contributed by atoms with Crippen LogP contribution in [0, 0.1) is 0 Å².